The summed E-state index contributed by atoms with van der Waals surface area (Å²) in [5.74, 6) is -0.631. The minimum absolute atomic E-state index is 0.0147. The first-order valence-corrected chi connectivity index (χ1v) is 10.4. The van der Waals surface area contributed by atoms with Gasteiger partial charge in [0.25, 0.3) is 15.9 Å². The predicted octanol–water partition coefficient (Wildman–Crippen LogP) is 2.20. The maximum Gasteiger partial charge on any atom is 0.328 e. The molecule has 1 N–H and O–H groups in total. The molecule has 0 spiro atoms. The monoisotopic (exact) mass is 420 g/mol. The highest BCUT2D eigenvalue weighted by Gasteiger charge is 2.24. The van der Waals surface area contributed by atoms with E-state index < -0.39 is 27.9 Å². The number of ether oxygens (including phenoxy) is 2. The number of para-hydroxylation sites is 2. The lowest BCUT2D eigenvalue weighted by Crippen LogP contribution is -2.39. The van der Waals surface area contributed by atoms with E-state index in [1.54, 1.807) is 31.2 Å². The van der Waals surface area contributed by atoms with Crippen LogP contribution in [0.3, 0.4) is 0 Å². The van der Waals surface area contributed by atoms with Crippen LogP contribution in [0.1, 0.15) is 24.2 Å². The summed E-state index contributed by atoms with van der Waals surface area (Å²) < 4.78 is 37.0. The van der Waals surface area contributed by atoms with Crippen LogP contribution in [0.4, 0.5) is 5.69 Å². The van der Waals surface area contributed by atoms with Crippen molar-refractivity contribution in [3.8, 4) is 5.75 Å². The van der Waals surface area contributed by atoms with Crippen molar-refractivity contribution in [3.05, 3.63) is 54.1 Å². The zero-order valence-electron chi connectivity index (χ0n) is 16.7. The molecular weight excluding hydrogens is 396 g/mol. The van der Waals surface area contributed by atoms with Gasteiger partial charge in [-0.1, -0.05) is 12.1 Å². The standard InChI is InChI=1S/C20H24N2O6S/c1-5-28-20(24)14(2)21-19(23)15-10-12-16(13-11-15)29(25,26)22(3)17-8-6-7-9-18(17)27-4/h6-14H,5H2,1-4H3,(H,21,23). The molecule has 0 saturated carbocycles. The molecule has 1 unspecified atom stereocenters. The van der Waals surface area contributed by atoms with Crippen LogP contribution in [-0.4, -0.2) is 47.1 Å². The second-order valence-corrected chi connectivity index (χ2v) is 8.09. The molecule has 9 heteroatoms. The Labute approximate surface area is 170 Å². The van der Waals surface area contributed by atoms with E-state index in [1.807, 2.05) is 0 Å². The number of carbonyl (C=O) groups is 2. The molecule has 0 saturated heterocycles. The molecule has 0 aliphatic heterocycles. The number of sulfonamides is 1. The van der Waals surface area contributed by atoms with Crippen molar-refractivity contribution in [2.45, 2.75) is 24.8 Å². The van der Waals surface area contributed by atoms with E-state index in [2.05, 4.69) is 5.32 Å². The van der Waals surface area contributed by atoms with Gasteiger partial charge in [-0.25, -0.2) is 13.2 Å². The van der Waals surface area contributed by atoms with Crippen molar-refractivity contribution >= 4 is 27.6 Å². The summed E-state index contributed by atoms with van der Waals surface area (Å²) in [4.78, 5) is 23.9. The molecule has 1 atom stereocenters. The Bertz CT molecular complexity index is 973. The van der Waals surface area contributed by atoms with Gasteiger partial charge in [0.2, 0.25) is 0 Å². The summed E-state index contributed by atoms with van der Waals surface area (Å²) in [7, 11) is -0.976. The van der Waals surface area contributed by atoms with Gasteiger partial charge in [0.05, 0.1) is 24.3 Å². The number of methoxy groups -OCH3 is 1. The number of esters is 1. The summed E-state index contributed by atoms with van der Waals surface area (Å²) in [6, 6.07) is 11.4. The van der Waals surface area contributed by atoms with Gasteiger partial charge in [0.1, 0.15) is 11.8 Å². The molecule has 0 fully saturated rings. The number of carbonyl (C=O) groups excluding carboxylic acids is 2. The first kappa shape index (κ1) is 22.2. The number of nitrogens with one attached hydrogen (secondary N) is 1. The Kier molecular flexibility index (Phi) is 7.22. The quantitative estimate of drug-likeness (QED) is 0.657. The average Bonchev–Trinajstić information content (AvgIpc) is 2.73. The van der Waals surface area contributed by atoms with Crippen molar-refractivity contribution in [3.63, 3.8) is 0 Å². The number of nitrogens with zero attached hydrogens (tertiary/aromatic N) is 1. The lowest BCUT2D eigenvalue weighted by molar-refractivity contribution is -0.144. The fourth-order valence-corrected chi connectivity index (χ4v) is 3.77. The van der Waals surface area contributed by atoms with Crippen LogP contribution in [0, 0.1) is 0 Å². The van der Waals surface area contributed by atoms with Crippen LogP contribution in [-0.2, 0) is 19.6 Å². The Morgan fingerprint density at radius 3 is 2.31 bits per heavy atom. The predicted molar refractivity (Wildman–Crippen MR) is 109 cm³/mol. The third kappa shape index (κ3) is 5.05. The van der Waals surface area contributed by atoms with Crippen molar-refractivity contribution in [2.24, 2.45) is 0 Å². The Hall–Kier alpha value is -3.07. The van der Waals surface area contributed by atoms with E-state index in [4.69, 9.17) is 9.47 Å². The SMILES string of the molecule is CCOC(=O)C(C)NC(=O)c1ccc(S(=O)(=O)N(C)c2ccccc2OC)cc1. The molecule has 2 rings (SSSR count). The van der Waals surface area contributed by atoms with E-state index in [1.165, 1.54) is 45.3 Å². The molecular formula is C20H24N2O6S. The first-order valence-electron chi connectivity index (χ1n) is 8.91. The lowest BCUT2D eigenvalue weighted by atomic mass is 10.2. The first-order chi connectivity index (χ1) is 13.7. The summed E-state index contributed by atoms with van der Waals surface area (Å²) in [6.07, 6.45) is 0. The van der Waals surface area contributed by atoms with Crippen molar-refractivity contribution in [2.75, 3.05) is 25.1 Å². The highest BCUT2D eigenvalue weighted by atomic mass is 32.2. The van der Waals surface area contributed by atoms with Crippen molar-refractivity contribution in [1.29, 1.82) is 0 Å². The number of amides is 1. The largest absolute Gasteiger partial charge is 0.495 e. The van der Waals surface area contributed by atoms with Gasteiger partial charge < -0.3 is 14.8 Å². The van der Waals surface area contributed by atoms with Crippen LogP contribution in [0.25, 0.3) is 0 Å². The van der Waals surface area contributed by atoms with E-state index in [0.29, 0.717) is 11.4 Å². The Morgan fingerprint density at radius 2 is 1.72 bits per heavy atom. The number of hydrogen-bond acceptors (Lipinski definition) is 6. The maximum absolute atomic E-state index is 12.9. The molecule has 0 aliphatic rings. The second kappa shape index (κ2) is 9.42. The molecule has 2 aromatic carbocycles. The summed E-state index contributed by atoms with van der Waals surface area (Å²) in [5.41, 5.74) is 0.611. The Morgan fingerprint density at radius 1 is 1.10 bits per heavy atom. The fraction of sp³-hybridized carbons (Fsp3) is 0.300. The number of hydrogen-bond donors (Lipinski definition) is 1. The normalized spacial score (nSPS) is 12.0. The van der Waals surface area contributed by atoms with Crippen LogP contribution >= 0.6 is 0 Å². The van der Waals surface area contributed by atoms with Crippen molar-refractivity contribution < 1.29 is 27.5 Å². The van der Waals surface area contributed by atoms with Crippen LogP contribution in [0.2, 0.25) is 0 Å². The summed E-state index contributed by atoms with van der Waals surface area (Å²) in [6.45, 7) is 3.40. The zero-order valence-corrected chi connectivity index (χ0v) is 17.5. The molecule has 0 aromatic heterocycles. The molecule has 29 heavy (non-hydrogen) atoms. The highest BCUT2D eigenvalue weighted by Crippen LogP contribution is 2.30. The van der Waals surface area contributed by atoms with E-state index in [-0.39, 0.29) is 17.1 Å². The number of benzene rings is 2. The number of rotatable bonds is 8. The smallest absolute Gasteiger partial charge is 0.328 e. The summed E-state index contributed by atoms with van der Waals surface area (Å²) in [5, 5.41) is 2.51. The van der Waals surface area contributed by atoms with E-state index in [0.717, 1.165) is 4.31 Å². The molecule has 0 radical (unpaired) electrons. The average molecular weight is 420 g/mol. The Balaban J connectivity index is 2.20. The van der Waals surface area contributed by atoms with Gasteiger partial charge in [-0.15, -0.1) is 0 Å². The molecule has 1 amide bonds. The van der Waals surface area contributed by atoms with Gasteiger partial charge in [0.15, 0.2) is 0 Å². The maximum atomic E-state index is 12.9. The van der Waals surface area contributed by atoms with Crippen LogP contribution < -0.4 is 14.4 Å². The molecule has 8 nitrogen and oxygen atoms in total. The molecule has 156 valence electrons. The van der Waals surface area contributed by atoms with Gasteiger partial charge in [-0.05, 0) is 50.2 Å². The highest BCUT2D eigenvalue weighted by molar-refractivity contribution is 7.92. The number of anilines is 1. The van der Waals surface area contributed by atoms with Crippen LogP contribution in [0.15, 0.2) is 53.4 Å². The van der Waals surface area contributed by atoms with Gasteiger partial charge >= 0.3 is 5.97 Å². The third-order valence-electron chi connectivity index (χ3n) is 4.19. The third-order valence-corrected chi connectivity index (χ3v) is 5.97. The molecule has 0 aliphatic carbocycles. The van der Waals surface area contributed by atoms with Crippen LogP contribution in [0.5, 0.6) is 5.75 Å². The van der Waals surface area contributed by atoms with Gasteiger partial charge in [-0.2, -0.15) is 0 Å². The van der Waals surface area contributed by atoms with Crippen molar-refractivity contribution in [1.82, 2.24) is 5.32 Å². The van der Waals surface area contributed by atoms with Gasteiger partial charge in [-0.3, -0.25) is 9.10 Å². The molecule has 0 heterocycles. The minimum atomic E-state index is -3.86. The second-order valence-electron chi connectivity index (χ2n) is 6.12. The molecule has 2 aromatic rings. The topological polar surface area (TPSA) is 102 Å². The van der Waals surface area contributed by atoms with E-state index >= 15 is 0 Å². The fourth-order valence-electron chi connectivity index (χ4n) is 2.56. The van der Waals surface area contributed by atoms with Gasteiger partial charge in [0, 0.05) is 12.6 Å². The zero-order chi connectivity index (χ0) is 21.6. The van der Waals surface area contributed by atoms with E-state index in [9.17, 15) is 18.0 Å². The minimum Gasteiger partial charge on any atom is -0.495 e. The summed E-state index contributed by atoms with van der Waals surface area (Å²) >= 11 is 0. The lowest BCUT2D eigenvalue weighted by Gasteiger charge is -2.21. The molecule has 0 bridgehead atoms.